The van der Waals surface area contributed by atoms with Crippen LogP contribution in [0.4, 0.5) is 0 Å². The average Bonchev–Trinajstić information content (AvgIpc) is 2.95. The number of carboxylic acid groups (broad SMARTS) is 1. The summed E-state index contributed by atoms with van der Waals surface area (Å²) in [5.41, 5.74) is 0. The van der Waals surface area contributed by atoms with E-state index in [1.165, 1.54) is 0 Å². The monoisotopic (exact) mass is 239 g/mol. The highest BCUT2D eigenvalue weighted by Gasteiger charge is 2.37. The zero-order valence-corrected chi connectivity index (χ0v) is 9.98. The maximum Gasteiger partial charge on any atom is 0.320 e. The van der Waals surface area contributed by atoms with Crippen molar-refractivity contribution in [3.8, 4) is 0 Å². The van der Waals surface area contributed by atoms with Crippen molar-refractivity contribution in [3.63, 3.8) is 0 Å². The number of nitrogens with zero attached hydrogens (tertiary/aromatic N) is 3. The predicted octanol–water partition coefficient (Wildman–Crippen LogP) is 0.228. The first kappa shape index (κ1) is 12.1. The van der Waals surface area contributed by atoms with Crippen molar-refractivity contribution in [2.75, 3.05) is 20.2 Å². The van der Waals surface area contributed by atoms with Crippen molar-refractivity contribution in [2.24, 2.45) is 0 Å². The third-order valence-corrected chi connectivity index (χ3v) is 3.38. The highest BCUT2D eigenvalue weighted by atomic mass is 16.5. The summed E-state index contributed by atoms with van der Waals surface area (Å²) in [5, 5.41) is 9.02. The van der Waals surface area contributed by atoms with Gasteiger partial charge >= 0.3 is 5.97 Å². The van der Waals surface area contributed by atoms with Crippen LogP contribution in [-0.4, -0.2) is 57.9 Å². The number of aromatic nitrogens is 2. The molecular formula is C11H17N3O3. The molecule has 6 nitrogen and oxygen atoms in total. The van der Waals surface area contributed by atoms with Gasteiger partial charge < -0.3 is 14.4 Å². The summed E-state index contributed by atoms with van der Waals surface area (Å²) in [6.45, 7) is 3.00. The van der Waals surface area contributed by atoms with Gasteiger partial charge in [-0.25, -0.2) is 4.98 Å². The lowest BCUT2D eigenvalue weighted by molar-refractivity contribution is -0.142. The van der Waals surface area contributed by atoms with Crippen LogP contribution in [0.15, 0.2) is 18.7 Å². The van der Waals surface area contributed by atoms with Crippen LogP contribution in [0, 0.1) is 0 Å². The van der Waals surface area contributed by atoms with Crippen molar-refractivity contribution in [2.45, 2.75) is 25.1 Å². The molecule has 17 heavy (non-hydrogen) atoms. The minimum Gasteiger partial charge on any atom is -0.480 e. The molecule has 1 aliphatic rings. The Morgan fingerprint density at radius 3 is 2.88 bits per heavy atom. The van der Waals surface area contributed by atoms with Crippen LogP contribution in [0.2, 0.25) is 0 Å². The summed E-state index contributed by atoms with van der Waals surface area (Å²) in [6, 6.07) is -0.356. The lowest BCUT2D eigenvalue weighted by Gasteiger charge is -2.20. The van der Waals surface area contributed by atoms with Crippen LogP contribution in [0.1, 0.15) is 13.0 Å². The molecule has 0 aromatic carbocycles. The van der Waals surface area contributed by atoms with E-state index in [-0.39, 0.29) is 12.1 Å². The van der Waals surface area contributed by atoms with Gasteiger partial charge in [0.1, 0.15) is 6.04 Å². The molecule has 94 valence electrons. The van der Waals surface area contributed by atoms with E-state index in [0.717, 1.165) is 0 Å². The zero-order valence-electron chi connectivity index (χ0n) is 9.98. The van der Waals surface area contributed by atoms with E-state index < -0.39 is 12.0 Å². The lowest BCUT2D eigenvalue weighted by Crippen LogP contribution is -2.37. The van der Waals surface area contributed by atoms with Crippen LogP contribution in [0.5, 0.6) is 0 Å². The molecule has 0 aliphatic carbocycles. The Morgan fingerprint density at radius 1 is 1.59 bits per heavy atom. The quantitative estimate of drug-likeness (QED) is 0.814. The van der Waals surface area contributed by atoms with Gasteiger partial charge in [-0.05, 0) is 6.92 Å². The third kappa shape index (κ3) is 2.32. The summed E-state index contributed by atoms with van der Waals surface area (Å²) in [4.78, 5) is 16.9. The van der Waals surface area contributed by atoms with Gasteiger partial charge in [-0.2, -0.15) is 0 Å². The minimum absolute atomic E-state index is 0.00556. The molecule has 2 heterocycles. The molecular weight excluding hydrogens is 222 g/mol. The number of hydrogen-bond acceptors (Lipinski definition) is 4. The van der Waals surface area contributed by atoms with Crippen LogP contribution < -0.4 is 0 Å². The van der Waals surface area contributed by atoms with Gasteiger partial charge in [0.15, 0.2) is 0 Å². The van der Waals surface area contributed by atoms with Crippen LogP contribution in [0.25, 0.3) is 0 Å². The summed E-state index contributed by atoms with van der Waals surface area (Å²) in [6.07, 6.45) is 5.35. The van der Waals surface area contributed by atoms with E-state index in [2.05, 4.69) is 4.98 Å². The standard InChI is InChI=1S/C11H17N3O3/c1-8(11(15)16)14-5-9(10(6-14)17-2)13-4-3-12-7-13/h3-4,7-10H,5-6H2,1-2H3,(H,15,16)/t8-,9-,10+/m0/s1. The first-order chi connectivity index (χ1) is 8.13. The summed E-state index contributed by atoms with van der Waals surface area (Å²) in [5.74, 6) is -0.800. The average molecular weight is 239 g/mol. The number of carboxylic acids is 1. The maximum atomic E-state index is 11.0. The molecule has 0 bridgehead atoms. The second kappa shape index (κ2) is 4.85. The normalized spacial score (nSPS) is 27.2. The minimum atomic E-state index is -0.800. The second-order valence-corrected chi connectivity index (χ2v) is 4.32. The third-order valence-electron chi connectivity index (χ3n) is 3.38. The van der Waals surface area contributed by atoms with E-state index in [0.29, 0.717) is 13.1 Å². The Labute approximate surface area is 99.8 Å². The van der Waals surface area contributed by atoms with Gasteiger partial charge in [0.2, 0.25) is 0 Å². The Kier molecular flexibility index (Phi) is 3.44. The summed E-state index contributed by atoms with van der Waals surface area (Å²) in [7, 11) is 1.66. The van der Waals surface area contributed by atoms with Crippen LogP contribution in [0.3, 0.4) is 0 Å². The van der Waals surface area contributed by atoms with Gasteiger partial charge in [0, 0.05) is 32.6 Å². The molecule has 1 fully saturated rings. The molecule has 1 aliphatic heterocycles. The second-order valence-electron chi connectivity index (χ2n) is 4.32. The van der Waals surface area contributed by atoms with Gasteiger partial charge in [0.25, 0.3) is 0 Å². The number of hydrogen-bond donors (Lipinski definition) is 1. The SMILES string of the molecule is CO[C@@H]1CN([C@@H](C)C(=O)O)C[C@@H]1n1ccnc1. The fourth-order valence-corrected chi connectivity index (χ4v) is 2.24. The first-order valence-electron chi connectivity index (χ1n) is 5.60. The number of likely N-dealkylation sites (tertiary alicyclic amines) is 1. The molecule has 1 aromatic rings. The molecule has 2 rings (SSSR count). The molecule has 0 radical (unpaired) electrons. The number of ether oxygens (including phenoxy) is 1. The maximum absolute atomic E-state index is 11.0. The summed E-state index contributed by atoms with van der Waals surface area (Å²) < 4.78 is 7.40. The molecule has 6 heteroatoms. The number of rotatable bonds is 4. The van der Waals surface area contributed by atoms with Crippen LogP contribution in [-0.2, 0) is 9.53 Å². The van der Waals surface area contributed by atoms with Crippen molar-refractivity contribution in [3.05, 3.63) is 18.7 Å². The van der Waals surface area contributed by atoms with Gasteiger partial charge in [-0.3, -0.25) is 9.69 Å². The van der Waals surface area contributed by atoms with E-state index in [1.54, 1.807) is 26.6 Å². The van der Waals surface area contributed by atoms with E-state index in [4.69, 9.17) is 9.84 Å². The van der Waals surface area contributed by atoms with E-state index in [9.17, 15) is 4.79 Å². The topological polar surface area (TPSA) is 67.6 Å². The van der Waals surface area contributed by atoms with Crippen LogP contribution >= 0.6 is 0 Å². The number of aliphatic carboxylic acids is 1. The highest BCUT2D eigenvalue weighted by Crippen LogP contribution is 2.25. The smallest absolute Gasteiger partial charge is 0.320 e. The molecule has 0 unspecified atom stereocenters. The molecule has 1 aromatic heterocycles. The molecule has 0 amide bonds. The van der Waals surface area contributed by atoms with Crippen molar-refractivity contribution < 1.29 is 14.6 Å². The molecule has 0 spiro atoms. The Bertz CT molecular complexity index is 379. The largest absolute Gasteiger partial charge is 0.480 e. The Balaban J connectivity index is 2.11. The number of methoxy groups -OCH3 is 1. The highest BCUT2D eigenvalue weighted by molar-refractivity contribution is 5.72. The van der Waals surface area contributed by atoms with Gasteiger partial charge in [-0.1, -0.05) is 0 Å². The summed E-state index contributed by atoms with van der Waals surface area (Å²) >= 11 is 0. The van der Waals surface area contributed by atoms with Crippen molar-refractivity contribution in [1.29, 1.82) is 0 Å². The van der Waals surface area contributed by atoms with Gasteiger partial charge in [-0.15, -0.1) is 0 Å². The Hall–Kier alpha value is -1.40. The van der Waals surface area contributed by atoms with E-state index in [1.807, 2.05) is 15.7 Å². The fourth-order valence-electron chi connectivity index (χ4n) is 2.24. The predicted molar refractivity (Wildman–Crippen MR) is 60.7 cm³/mol. The van der Waals surface area contributed by atoms with E-state index >= 15 is 0 Å². The zero-order chi connectivity index (χ0) is 12.4. The Morgan fingerprint density at radius 2 is 2.35 bits per heavy atom. The molecule has 3 atom stereocenters. The van der Waals surface area contributed by atoms with Crippen molar-refractivity contribution in [1.82, 2.24) is 14.5 Å². The fraction of sp³-hybridized carbons (Fsp3) is 0.636. The lowest BCUT2D eigenvalue weighted by atomic mass is 10.2. The van der Waals surface area contributed by atoms with Crippen molar-refractivity contribution >= 4 is 5.97 Å². The number of carbonyl (C=O) groups is 1. The van der Waals surface area contributed by atoms with Gasteiger partial charge in [0.05, 0.1) is 18.5 Å². The molecule has 0 saturated carbocycles. The first-order valence-corrected chi connectivity index (χ1v) is 5.60. The molecule has 1 saturated heterocycles. The number of imidazole rings is 1. The molecule has 1 N–H and O–H groups in total.